The number of benzene rings is 11. The summed E-state index contributed by atoms with van der Waals surface area (Å²) in [5, 5.41) is 21.0. The molecule has 0 saturated heterocycles. The molecule has 0 aliphatic carbocycles. The first kappa shape index (κ1) is 29.0. The highest BCUT2D eigenvalue weighted by Crippen LogP contribution is 2.47. The molecular formula is C54H29BN2. The summed E-state index contributed by atoms with van der Waals surface area (Å²) in [4.78, 5) is 0. The molecule has 2 aliphatic rings. The number of rotatable bonds is 0. The van der Waals surface area contributed by atoms with Crippen LogP contribution in [0, 0.1) is 0 Å². The van der Waals surface area contributed by atoms with E-state index in [2.05, 4.69) is 185 Å². The first-order chi connectivity index (χ1) is 28.3. The Bertz CT molecular complexity index is 4050. The van der Waals surface area contributed by atoms with Crippen LogP contribution >= 0.6 is 0 Å². The van der Waals surface area contributed by atoms with Crippen molar-refractivity contribution in [3.05, 3.63) is 176 Å². The molecule has 0 amide bonds. The molecule has 0 atom stereocenters. The lowest BCUT2D eigenvalue weighted by Crippen LogP contribution is -2.59. The van der Waals surface area contributed by atoms with Gasteiger partial charge in [-0.3, -0.25) is 0 Å². The average Bonchev–Trinajstić information content (AvgIpc) is 3.80. The Morgan fingerprint density at radius 1 is 0.281 bits per heavy atom. The van der Waals surface area contributed by atoms with E-state index in [1.807, 2.05) is 0 Å². The van der Waals surface area contributed by atoms with Crippen molar-refractivity contribution >= 4 is 131 Å². The van der Waals surface area contributed by atoms with E-state index in [-0.39, 0.29) is 6.71 Å². The highest BCUT2D eigenvalue weighted by atomic mass is 15.0. The van der Waals surface area contributed by atoms with Gasteiger partial charge in [-0.15, -0.1) is 0 Å². The Hall–Kier alpha value is -7.36. The molecule has 0 spiro atoms. The SMILES string of the molecule is c1cc2c3c(c1)-n1c4cc5c6ccccc6c6ccccc6c5cc4c4c5c6ccccc6c6ccccc6c5cc(c41)B3c1cccc3c4ccccc4n-2c13. The van der Waals surface area contributed by atoms with Gasteiger partial charge >= 0.3 is 0 Å². The smallest absolute Gasteiger partial charge is 0.252 e. The number of hydrogen-bond acceptors (Lipinski definition) is 0. The van der Waals surface area contributed by atoms with Gasteiger partial charge in [0.15, 0.2) is 0 Å². The summed E-state index contributed by atoms with van der Waals surface area (Å²) in [6, 6.07) is 66.8. The van der Waals surface area contributed by atoms with Gasteiger partial charge in [-0.2, -0.15) is 0 Å². The maximum Gasteiger partial charge on any atom is 0.252 e. The fourth-order valence-electron chi connectivity index (χ4n) is 11.7. The quantitative estimate of drug-likeness (QED) is 0.109. The Morgan fingerprint density at radius 3 is 1.44 bits per heavy atom. The number of nitrogens with zero attached hydrogens (tertiary/aromatic N) is 2. The van der Waals surface area contributed by atoms with Crippen LogP contribution in [0.5, 0.6) is 0 Å². The van der Waals surface area contributed by atoms with Crippen molar-refractivity contribution in [1.29, 1.82) is 0 Å². The summed E-state index contributed by atoms with van der Waals surface area (Å²) in [6.07, 6.45) is 0. The van der Waals surface area contributed by atoms with Crippen molar-refractivity contribution in [2.75, 3.05) is 0 Å². The second kappa shape index (κ2) is 9.89. The number of aromatic nitrogens is 2. The van der Waals surface area contributed by atoms with E-state index in [0.29, 0.717) is 0 Å². The molecular weight excluding hydrogens is 687 g/mol. The molecule has 0 saturated carbocycles. The van der Waals surface area contributed by atoms with Crippen molar-refractivity contribution in [3.8, 4) is 11.4 Å². The maximum atomic E-state index is 2.65. The molecule has 11 aromatic carbocycles. The van der Waals surface area contributed by atoms with Gasteiger partial charge in [-0.05, 0) is 106 Å². The molecule has 0 N–H and O–H groups in total. The van der Waals surface area contributed by atoms with Gasteiger partial charge < -0.3 is 9.13 Å². The van der Waals surface area contributed by atoms with Crippen molar-refractivity contribution in [2.45, 2.75) is 0 Å². The molecule has 13 aromatic rings. The molecule has 57 heavy (non-hydrogen) atoms. The summed E-state index contributed by atoms with van der Waals surface area (Å²) < 4.78 is 5.21. The van der Waals surface area contributed by atoms with Gasteiger partial charge in [0, 0.05) is 43.8 Å². The minimum Gasteiger partial charge on any atom is -0.310 e. The molecule has 3 heteroatoms. The van der Waals surface area contributed by atoms with Crippen LogP contribution in [0.1, 0.15) is 0 Å². The van der Waals surface area contributed by atoms with Gasteiger partial charge in [-0.25, -0.2) is 0 Å². The van der Waals surface area contributed by atoms with Gasteiger partial charge in [0.05, 0.1) is 16.6 Å². The van der Waals surface area contributed by atoms with Gasteiger partial charge in [0.2, 0.25) is 0 Å². The van der Waals surface area contributed by atoms with Crippen molar-refractivity contribution in [3.63, 3.8) is 0 Å². The van der Waals surface area contributed by atoms with E-state index in [0.717, 1.165) is 0 Å². The third-order valence-corrected chi connectivity index (χ3v) is 13.8. The molecule has 0 radical (unpaired) electrons. The summed E-state index contributed by atoms with van der Waals surface area (Å²) in [7, 11) is 0. The van der Waals surface area contributed by atoms with E-state index >= 15 is 0 Å². The van der Waals surface area contributed by atoms with Gasteiger partial charge in [-0.1, -0.05) is 146 Å². The fourth-order valence-corrected chi connectivity index (χ4v) is 11.7. The largest absolute Gasteiger partial charge is 0.310 e. The zero-order chi connectivity index (χ0) is 36.7. The Labute approximate surface area is 326 Å². The lowest BCUT2D eigenvalue weighted by molar-refractivity contribution is 1.14. The fraction of sp³-hybridized carbons (Fsp3) is 0. The molecule has 0 fully saturated rings. The predicted molar refractivity (Wildman–Crippen MR) is 245 cm³/mol. The Kier molecular flexibility index (Phi) is 5.03. The minimum atomic E-state index is 0.0710. The zero-order valence-corrected chi connectivity index (χ0v) is 30.7. The highest BCUT2D eigenvalue weighted by molar-refractivity contribution is 7.00. The monoisotopic (exact) mass is 716 g/mol. The standard InChI is InChI=1S/C54H29BN2/c1-4-17-34-30(13-1)31-14-2-5-18-35(31)41-29-49-43(27-40(34)41)51-50-38-21-8-7-16-33(38)32-15-3-6-19-36(32)42(50)28-45-54(51)57(49)48-26-12-25-47-52(48)55(45)44-23-11-22-39-37-20-9-10-24-46(37)56(47)53(39)44/h1-29H. The topological polar surface area (TPSA) is 9.86 Å². The van der Waals surface area contributed by atoms with Crippen LogP contribution in [0.2, 0.25) is 0 Å². The van der Waals surface area contributed by atoms with Crippen molar-refractivity contribution < 1.29 is 0 Å². The Morgan fingerprint density at radius 2 is 0.772 bits per heavy atom. The number of para-hydroxylation sites is 2. The maximum absolute atomic E-state index is 2.65. The van der Waals surface area contributed by atoms with Crippen molar-refractivity contribution in [2.24, 2.45) is 0 Å². The second-order valence-electron chi connectivity index (χ2n) is 16.3. The van der Waals surface area contributed by atoms with Crippen LogP contribution in [0.15, 0.2) is 176 Å². The van der Waals surface area contributed by atoms with Crippen LogP contribution in [0.3, 0.4) is 0 Å². The Balaban J connectivity index is 1.25. The van der Waals surface area contributed by atoms with Crippen LogP contribution in [-0.4, -0.2) is 15.8 Å². The molecule has 4 heterocycles. The van der Waals surface area contributed by atoms with E-state index in [1.165, 1.54) is 136 Å². The summed E-state index contributed by atoms with van der Waals surface area (Å²) in [6.45, 7) is 0.0710. The molecule has 2 aromatic heterocycles. The van der Waals surface area contributed by atoms with Crippen molar-refractivity contribution in [1.82, 2.24) is 9.13 Å². The van der Waals surface area contributed by atoms with Crippen LogP contribution in [0.4, 0.5) is 0 Å². The lowest BCUT2D eigenvalue weighted by Gasteiger charge is -2.34. The molecule has 0 unspecified atom stereocenters. The summed E-state index contributed by atoms with van der Waals surface area (Å²) in [5.41, 5.74) is 11.9. The molecule has 0 bridgehead atoms. The third kappa shape index (κ3) is 3.28. The zero-order valence-electron chi connectivity index (χ0n) is 30.7. The van der Waals surface area contributed by atoms with E-state index in [1.54, 1.807) is 0 Å². The minimum absolute atomic E-state index is 0.0710. The second-order valence-corrected chi connectivity index (χ2v) is 16.3. The molecule has 2 aliphatic heterocycles. The van der Waals surface area contributed by atoms with E-state index < -0.39 is 0 Å². The van der Waals surface area contributed by atoms with E-state index in [4.69, 9.17) is 0 Å². The average molecular weight is 717 g/mol. The lowest BCUT2D eigenvalue weighted by atomic mass is 9.34. The first-order valence-corrected chi connectivity index (χ1v) is 20.1. The predicted octanol–water partition coefficient (Wildman–Crippen LogP) is 11.9. The number of fused-ring (bicyclic) bond motifs is 23. The molecule has 258 valence electrons. The van der Waals surface area contributed by atoms with Crippen LogP contribution in [-0.2, 0) is 0 Å². The van der Waals surface area contributed by atoms with Gasteiger partial charge in [0.25, 0.3) is 6.71 Å². The molecule has 2 nitrogen and oxygen atoms in total. The van der Waals surface area contributed by atoms with Gasteiger partial charge in [0.1, 0.15) is 0 Å². The molecule has 15 rings (SSSR count). The first-order valence-electron chi connectivity index (χ1n) is 20.1. The van der Waals surface area contributed by atoms with Crippen LogP contribution < -0.4 is 16.4 Å². The number of hydrogen-bond donors (Lipinski definition) is 0. The third-order valence-electron chi connectivity index (χ3n) is 13.8. The summed E-state index contributed by atoms with van der Waals surface area (Å²) in [5.74, 6) is 0. The normalized spacial score (nSPS) is 13.2. The summed E-state index contributed by atoms with van der Waals surface area (Å²) >= 11 is 0. The van der Waals surface area contributed by atoms with E-state index in [9.17, 15) is 0 Å². The van der Waals surface area contributed by atoms with Crippen LogP contribution in [0.25, 0.3) is 120 Å². The highest BCUT2D eigenvalue weighted by Gasteiger charge is 2.41.